The third-order valence-electron chi connectivity index (χ3n) is 2.95. The molecule has 2 N–H and O–H groups in total. The Kier molecular flexibility index (Phi) is 4.40. The first-order valence-electron chi connectivity index (χ1n) is 5.69. The molecule has 4 heteroatoms. The highest BCUT2D eigenvalue weighted by atomic mass is 16.2. The van der Waals surface area contributed by atoms with Crippen molar-refractivity contribution in [2.75, 3.05) is 26.2 Å². The molecule has 0 bridgehead atoms. The van der Waals surface area contributed by atoms with E-state index in [-0.39, 0.29) is 5.91 Å². The highest BCUT2D eigenvalue weighted by Gasteiger charge is 2.20. The zero-order valence-electron chi connectivity index (χ0n) is 10.4. The van der Waals surface area contributed by atoms with Gasteiger partial charge in [0.25, 0.3) is 0 Å². The van der Waals surface area contributed by atoms with E-state index in [1.807, 2.05) is 30.9 Å². The second-order valence-electron chi connectivity index (χ2n) is 3.91. The zero-order chi connectivity index (χ0) is 12.1. The highest BCUT2D eigenvalue weighted by Crippen LogP contribution is 2.14. The summed E-state index contributed by atoms with van der Waals surface area (Å²) in [6, 6.07) is 0. The van der Waals surface area contributed by atoms with E-state index in [9.17, 15) is 4.79 Å². The monoisotopic (exact) mass is 223 g/mol. The lowest BCUT2D eigenvalue weighted by Crippen LogP contribution is -2.48. The lowest BCUT2D eigenvalue weighted by Gasteiger charge is -2.37. The summed E-state index contributed by atoms with van der Waals surface area (Å²) in [4.78, 5) is 15.3. The van der Waals surface area contributed by atoms with E-state index in [2.05, 4.69) is 4.90 Å². The Hall–Kier alpha value is -1.45. The molecule has 0 radical (unpaired) electrons. The van der Waals surface area contributed by atoms with E-state index in [0.717, 1.165) is 37.6 Å². The molecule has 1 rings (SSSR count). The Morgan fingerprint density at radius 1 is 1.06 bits per heavy atom. The van der Waals surface area contributed by atoms with Gasteiger partial charge in [0.15, 0.2) is 0 Å². The van der Waals surface area contributed by atoms with Gasteiger partial charge in [0.1, 0.15) is 0 Å². The van der Waals surface area contributed by atoms with Crippen LogP contribution in [0.15, 0.2) is 23.5 Å². The first-order chi connectivity index (χ1) is 7.60. The van der Waals surface area contributed by atoms with Gasteiger partial charge < -0.3 is 15.5 Å². The van der Waals surface area contributed by atoms with E-state index in [4.69, 9.17) is 5.73 Å². The molecule has 4 nitrogen and oxygen atoms in total. The van der Waals surface area contributed by atoms with Crippen LogP contribution in [0.4, 0.5) is 0 Å². The minimum atomic E-state index is 0.153. The van der Waals surface area contributed by atoms with Gasteiger partial charge in [0.2, 0.25) is 5.91 Å². The van der Waals surface area contributed by atoms with E-state index in [1.165, 1.54) is 0 Å². The van der Waals surface area contributed by atoms with E-state index in [0.29, 0.717) is 0 Å². The lowest BCUT2D eigenvalue weighted by atomic mass is 10.2. The Morgan fingerprint density at radius 2 is 1.56 bits per heavy atom. The maximum atomic E-state index is 11.2. The van der Waals surface area contributed by atoms with Crippen molar-refractivity contribution in [3.8, 4) is 0 Å². The van der Waals surface area contributed by atoms with E-state index >= 15 is 0 Å². The molecule has 16 heavy (non-hydrogen) atoms. The van der Waals surface area contributed by atoms with Gasteiger partial charge in [-0.3, -0.25) is 4.79 Å². The number of hydrogen-bond acceptors (Lipinski definition) is 3. The maximum absolute atomic E-state index is 11.2. The quantitative estimate of drug-likeness (QED) is 0.708. The van der Waals surface area contributed by atoms with Crippen molar-refractivity contribution in [1.82, 2.24) is 9.80 Å². The fourth-order valence-electron chi connectivity index (χ4n) is 1.94. The second kappa shape index (κ2) is 5.58. The maximum Gasteiger partial charge on any atom is 0.219 e. The van der Waals surface area contributed by atoms with Crippen LogP contribution in [-0.4, -0.2) is 41.9 Å². The van der Waals surface area contributed by atoms with Gasteiger partial charge in [-0.2, -0.15) is 0 Å². The van der Waals surface area contributed by atoms with Crippen LogP contribution in [0.25, 0.3) is 0 Å². The smallest absolute Gasteiger partial charge is 0.219 e. The fraction of sp³-hybridized carbons (Fsp3) is 0.583. The Balaban J connectivity index is 2.62. The summed E-state index contributed by atoms with van der Waals surface area (Å²) in [6.45, 7) is 8.81. The van der Waals surface area contributed by atoms with Crippen LogP contribution in [0.5, 0.6) is 0 Å². The zero-order valence-corrected chi connectivity index (χ0v) is 10.4. The number of piperazine rings is 1. The normalized spacial score (nSPS) is 18.9. The standard InChI is InChI=1S/C12H21N3O/c1-4-11(13)12(5-2)15-8-6-14(7-9-15)10(3)16/h4-5H,6-9,13H2,1-3H3/b11-4+,12-5+. The Morgan fingerprint density at radius 3 is 1.94 bits per heavy atom. The van der Waals surface area contributed by atoms with Gasteiger partial charge in [-0.1, -0.05) is 12.2 Å². The number of carbonyl (C=O) groups is 1. The molecule has 1 fully saturated rings. The van der Waals surface area contributed by atoms with Crippen molar-refractivity contribution >= 4 is 5.91 Å². The highest BCUT2D eigenvalue weighted by molar-refractivity contribution is 5.73. The van der Waals surface area contributed by atoms with Gasteiger partial charge in [-0.05, 0) is 13.8 Å². The summed E-state index contributed by atoms with van der Waals surface area (Å²) in [5, 5.41) is 0. The van der Waals surface area contributed by atoms with Crippen molar-refractivity contribution in [3.05, 3.63) is 23.5 Å². The molecule has 0 saturated carbocycles. The summed E-state index contributed by atoms with van der Waals surface area (Å²) in [7, 11) is 0. The summed E-state index contributed by atoms with van der Waals surface area (Å²) >= 11 is 0. The molecule has 1 aliphatic rings. The van der Waals surface area contributed by atoms with E-state index < -0.39 is 0 Å². The number of nitrogens with zero attached hydrogens (tertiary/aromatic N) is 2. The lowest BCUT2D eigenvalue weighted by molar-refractivity contribution is -0.130. The molecular weight excluding hydrogens is 202 g/mol. The minimum absolute atomic E-state index is 0.153. The van der Waals surface area contributed by atoms with Gasteiger partial charge in [-0.25, -0.2) is 0 Å². The summed E-state index contributed by atoms with van der Waals surface area (Å²) in [5.74, 6) is 0.153. The molecule has 1 saturated heterocycles. The van der Waals surface area contributed by atoms with Crippen LogP contribution in [0.2, 0.25) is 0 Å². The number of allylic oxidation sites excluding steroid dienone is 2. The van der Waals surface area contributed by atoms with Crippen molar-refractivity contribution in [2.24, 2.45) is 5.73 Å². The molecule has 0 aromatic carbocycles. The molecule has 0 spiro atoms. The molecule has 0 aromatic heterocycles. The first-order valence-corrected chi connectivity index (χ1v) is 5.69. The van der Waals surface area contributed by atoms with Crippen LogP contribution < -0.4 is 5.73 Å². The van der Waals surface area contributed by atoms with Crippen molar-refractivity contribution in [2.45, 2.75) is 20.8 Å². The summed E-state index contributed by atoms with van der Waals surface area (Å²) in [5.41, 5.74) is 7.80. The molecule has 0 atom stereocenters. The topological polar surface area (TPSA) is 49.6 Å². The third-order valence-corrected chi connectivity index (χ3v) is 2.95. The van der Waals surface area contributed by atoms with Gasteiger partial charge in [0, 0.05) is 33.1 Å². The molecule has 0 unspecified atom stereocenters. The van der Waals surface area contributed by atoms with Gasteiger partial charge in [0.05, 0.1) is 11.4 Å². The summed E-state index contributed by atoms with van der Waals surface area (Å²) < 4.78 is 0. The largest absolute Gasteiger partial charge is 0.397 e. The molecule has 1 aliphatic heterocycles. The number of carbonyl (C=O) groups excluding carboxylic acids is 1. The van der Waals surface area contributed by atoms with Crippen molar-refractivity contribution < 1.29 is 4.79 Å². The fourth-order valence-corrected chi connectivity index (χ4v) is 1.94. The Bertz CT molecular complexity index is 312. The predicted octanol–water partition coefficient (Wildman–Crippen LogP) is 0.917. The molecule has 0 aromatic rings. The second-order valence-corrected chi connectivity index (χ2v) is 3.91. The molecule has 1 amide bonds. The number of rotatable bonds is 2. The predicted molar refractivity (Wildman–Crippen MR) is 65.5 cm³/mol. The average molecular weight is 223 g/mol. The number of hydrogen-bond donors (Lipinski definition) is 1. The van der Waals surface area contributed by atoms with Gasteiger partial charge in [-0.15, -0.1) is 0 Å². The van der Waals surface area contributed by atoms with Crippen molar-refractivity contribution in [1.29, 1.82) is 0 Å². The summed E-state index contributed by atoms with van der Waals surface area (Å²) in [6.07, 6.45) is 3.94. The average Bonchev–Trinajstić information content (AvgIpc) is 2.30. The molecule has 1 heterocycles. The van der Waals surface area contributed by atoms with Crippen LogP contribution in [0.3, 0.4) is 0 Å². The molecular formula is C12H21N3O. The van der Waals surface area contributed by atoms with E-state index in [1.54, 1.807) is 6.92 Å². The first kappa shape index (κ1) is 12.6. The van der Waals surface area contributed by atoms with Crippen LogP contribution >= 0.6 is 0 Å². The van der Waals surface area contributed by atoms with Gasteiger partial charge >= 0.3 is 0 Å². The SMILES string of the molecule is C/C=C(N)\C(=C/C)N1CCN(C(C)=O)CC1. The minimum Gasteiger partial charge on any atom is -0.397 e. The van der Waals surface area contributed by atoms with Crippen molar-refractivity contribution in [3.63, 3.8) is 0 Å². The van der Waals surface area contributed by atoms with Crippen LogP contribution in [0, 0.1) is 0 Å². The van der Waals surface area contributed by atoms with Crippen LogP contribution in [0.1, 0.15) is 20.8 Å². The number of amides is 1. The molecule has 0 aliphatic carbocycles. The number of nitrogens with two attached hydrogens (primary N) is 1. The molecule has 90 valence electrons. The van der Waals surface area contributed by atoms with Crippen LogP contribution in [-0.2, 0) is 4.79 Å². The Labute approximate surface area is 97.4 Å². The third kappa shape index (κ3) is 2.78.